The van der Waals surface area contributed by atoms with Gasteiger partial charge in [0.1, 0.15) is 0 Å². The fourth-order valence-corrected chi connectivity index (χ4v) is 1.82. The highest BCUT2D eigenvalue weighted by molar-refractivity contribution is 5.52. The Morgan fingerprint density at radius 3 is 2.12 bits per heavy atom. The van der Waals surface area contributed by atoms with Crippen molar-refractivity contribution >= 4 is 0 Å². The second-order valence-electron chi connectivity index (χ2n) is 3.74. The summed E-state index contributed by atoms with van der Waals surface area (Å²) in [7, 11) is 6.92. The van der Waals surface area contributed by atoms with E-state index in [0.29, 0.717) is 6.61 Å². The Balaban J connectivity index is 3.08. The molecule has 17 heavy (non-hydrogen) atoms. The molecule has 4 heteroatoms. The number of ether oxygens (including phenoxy) is 3. The van der Waals surface area contributed by atoms with E-state index in [9.17, 15) is 0 Å². The molecule has 0 atom stereocenters. The van der Waals surface area contributed by atoms with Crippen LogP contribution in [0.3, 0.4) is 0 Å². The minimum atomic E-state index is 0.520. The van der Waals surface area contributed by atoms with Crippen LogP contribution in [0.5, 0.6) is 11.5 Å². The standard InChI is InChI=1S/C13H21NO3/c1-14-8-7-10-5-6-11(9-15-2)13(17-4)12(10)16-3/h5-6,14H,7-9H2,1-4H3. The zero-order valence-corrected chi connectivity index (χ0v) is 11.0. The van der Waals surface area contributed by atoms with E-state index in [4.69, 9.17) is 14.2 Å². The van der Waals surface area contributed by atoms with E-state index >= 15 is 0 Å². The Hall–Kier alpha value is -1.26. The normalized spacial score (nSPS) is 10.4. The molecule has 0 aliphatic heterocycles. The summed E-state index contributed by atoms with van der Waals surface area (Å²) in [5, 5.41) is 3.12. The summed E-state index contributed by atoms with van der Waals surface area (Å²) >= 11 is 0. The molecule has 1 rings (SSSR count). The highest BCUT2D eigenvalue weighted by atomic mass is 16.5. The zero-order valence-electron chi connectivity index (χ0n) is 11.0. The summed E-state index contributed by atoms with van der Waals surface area (Å²) in [6.45, 7) is 1.43. The van der Waals surface area contributed by atoms with E-state index in [1.54, 1.807) is 21.3 Å². The molecule has 0 heterocycles. The van der Waals surface area contributed by atoms with Crippen molar-refractivity contribution in [2.45, 2.75) is 13.0 Å². The molecule has 0 unspecified atom stereocenters. The predicted molar refractivity (Wildman–Crippen MR) is 67.9 cm³/mol. The quantitative estimate of drug-likeness (QED) is 0.784. The summed E-state index contributed by atoms with van der Waals surface area (Å²) < 4.78 is 16.0. The van der Waals surface area contributed by atoms with E-state index < -0.39 is 0 Å². The zero-order chi connectivity index (χ0) is 12.7. The second kappa shape index (κ2) is 7.14. The van der Waals surface area contributed by atoms with Gasteiger partial charge in [0.05, 0.1) is 20.8 Å². The van der Waals surface area contributed by atoms with Crippen LogP contribution in [0, 0.1) is 0 Å². The van der Waals surface area contributed by atoms with Gasteiger partial charge in [0.2, 0.25) is 0 Å². The highest BCUT2D eigenvalue weighted by Gasteiger charge is 2.14. The first-order valence-electron chi connectivity index (χ1n) is 5.64. The molecule has 96 valence electrons. The van der Waals surface area contributed by atoms with Crippen molar-refractivity contribution in [3.63, 3.8) is 0 Å². The SMILES string of the molecule is CNCCc1ccc(COC)c(OC)c1OC. The van der Waals surface area contributed by atoms with Gasteiger partial charge in [0.25, 0.3) is 0 Å². The largest absolute Gasteiger partial charge is 0.493 e. The van der Waals surface area contributed by atoms with Crippen molar-refractivity contribution in [2.75, 3.05) is 34.9 Å². The molecule has 0 saturated heterocycles. The van der Waals surface area contributed by atoms with Gasteiger partial charge < -0.3 is 19.5 Å². The maximum absolute atomic E-state index is 5.44. The van der Waals surface area contributed by atoms with Gasteiger partial charge in [0, 0.05) is 12.7 Å². The van der Waals surface area contributed by atoms with Gasteiger partial charge in [-0.2, -0.15) is 0 Å². The first-order chi connectivity index (χ1) is 8.28. The van der Waals surface area contributed by atoms with Crippen LogP contribution in [0.2, 0.25) is 0 Å². The Morgan fingerprint density at radius 1 is 1.00 bits per heavy atom. The summed E-state index contributed by atoms with van der Waals surface area (Å²) in [5.41, 5.74) is 2.14. The molecule has 0 fully saturated rings. The summed E-state index contributed by atoms with van der Waals surface area (Å²) in [5.74, 6) is 1.57. The van der Waals surface area contributed by atoms with Gasteiger partial charge in [0.15, 0.2) is 11.5 Å². The fourth-order valence-electron chi connectivity index (χ4n) is 1.82. The van der Waals surface area contributed by atoms with Crippen LogP contribution in [0.25, 0.3) is 0 Å². The number of methoxy groups -OCH3 is 3. The second-order valence-corrected chi connectivity index (χ2v) is 3.74. The van der Waals surface area contributed by atoms with E-state index in [0.717, 1.165) is 35.6 Å². The minimum absolute atomic E-state index is 0.520. The molecular formula is C13H21NO3. The molecular weight excluding hydrogens is 218 g/mol. The summed E-state index contributed by atoms with van der Waals surface area (Å²) in [6.07, 6.45) is 0.906. The van der Waals surface area contributed by atoms with Crippen LogP contribution in [0.4, 0.5) is 0 Å². The monoisotopic (exact) mass is 239 g/mol. The third-order valence-corrected chi connectivity index (χ3v) is 2.63. The predicted octanol–water partition coefficient (Wildman–Crippen LogP) is 1.61. The van der Waals surface area contributed by atoms with Crippen molar-refractivity contribution < 1.29 is 14.2 Å². The third-order valence-electron chi connectivity index (χ3n) is 2.63. The molecule has 0 aliphatic carbocycles. The summed E-state index contributed by atoms with van der Waals surface area (Å²) in [4.78, 5) is 0. The van der Waals surface area contributed by atoms with Crippen LogP contribution >= 0.6 is 0 Å². The van der Waals surface area contributed by atoms with Crippen LogP contribution in [-0.4, -0.2) is 34.9 Å². The third kappa shape index (κ3) is 3.35. The molecule has 1 aromatic carbocycles. The topological polar surface area (TPSA) is 39.7 Å². The van der Waals surface area contributed by atoms with Crippen molar-refractivity contribution in [1.29, 1.82) is 0 Å². The summed E-state index contributed by atoms with van der Waals surface area (Å²) in [6, 6.07) is 4.09. The van der Waals surface area contributed by atoms with Crippen LogP contribution in [0.15, 0.2) is 12.1 Å². The lowest BCUT2D eigenvalue weighted by molar-refractivity contribution is 0.180. The highest BCUT2D eigenvalue weighted by Crippen LogP contribution is 2.35. The van der Waals surface area contributed by atoms with Gasteiger partial charge in [-0.25, -0.2) is 0 Å². The lowest BCUT2D eigenvalue weighted by Gasteiger charge is -2.16. The Morgan fingerprint density at radius 2 is 1.59 bits per heavy atom. The Labute approximate surface area is 103 Å². The van der Waals surface area contributed by atoms with Gasteiger partial charge >= 0.3 is 0 Å². The number of benzene rings is 1. The number of rotatable bonds is 7. The number of nitrogens with one attached hydrogen (secondary N) is 1. The molecule has 0 saturated carbocycles. The number of hydrogen-bond acceptors (Lipinski definition) is 4. The molecule has 1 aromatic rings. The fraction of sp³-hybridized carbons (Fsp3) is 0.538. The van der Waals surface area contributed by atoms with Gasteiger partial charge in [-0.05, 0) is 25.6 Å². The lowest BCUT2D eigenvalue weighted by atomic mass is 10.1. The average Bonchev–Trinajstić information content (AvgIpc) is 2.36. The number of hydrogen-bond donors (Lipinski definition) is 1. The van der Waals surface area contributed by atoms with Crippen molar-refractivity contribution in [1.82, 2.24) is 5.32 Å². The van der Waals surface area contributed by atoms with Gasteiger partial charge in [-0.3, -0.25) is 0 Å². The molecule has 0 aliphatic rings. The van der Waals surface area contributed by atoms with Crippen molar-refractivity contribution in [3.8, 4) is 11.5 Å². The van der Waals surface area contributed by atoms with Crippen molar-refractivity contribution in [2.24, 2.45) is 0 Å². The van der Waals surface area contributed by atoms with Crippen LogP contribution < -0.4 is 14.8 Å². The van der Waals surface area contributed by atoms with Crippen LogP contribution in [0.1, 0.15) is 11.1 Å². The molecule has 0 amide bonds. The average molecular weight is 239 g/mol. The Kier molecular flexibility index (Phi) is 5.80. The minimum Gasteiger partial charge on any atom is -0.493 e. The van der Waals surface area contributed by atoms with Gasteiger partial charge in [-0.1, -0.05) is 12.1 Å². The van der Waals surface area contributed by atoms with E-state index in [2.05, 4.69) is 11.4 Å². The van der Waals surface area contributed by atoms with E-state index in [1.807, 2.05) is 13.1 Å². The first-order valence-corrected chi connectivity index (χ1v) is 5.64. The van der Waals surface area contributed by atoms with Crippen LogP contribution in [-0.2, 0) is 17.8 Å². The lowest BCUT2D eigenvalue weighted by Crippen LogP contribution is -2.11. The maximum atomic E-state index is 5.44. The molecule has 0 radical (unpaired) electrons. The molecule has 1 N–H and O–H groups in total. The Bertz CT molecular complexity index is 353. The first kappa shape index (κ1) is 13.8. The molecule has 4 nitrogen and oxygen atoms in total. The smallest absolute Gasteiger partial charge is 0.166 e. The van der Waals surface area contributed by atoms with Crippen molar-refractivity contribution in [3.05, 3.63) is 23.3 Å². The maximum Gasteiger partial charge on any atom is 0.166 e. The van der Waals surface area contributed by atoms with E-state index in [1.165, 1.54) is 0 Å². The number of likely N-dealkylation sites (N-methyl/N-ethyl adjacent to an activating group) is 1. The molecule has 0 bridgehead atoms. The molecule has 0 aromatic heterocycles. The molecule has 0 spiro atoms. The van der Waals surface area contributed by atoms with E-state index in [-0.39, 0.29) is 0 Å². The van der Waals surface area contributed by atoms with Gasteiger partial charge in [-0.15, -0.1) is 0 Å².